The molecule has 142 valence electrons. The first kappa shape index (κ1) is 20.3. The van der Waals surface area contributed by atoms with Gasteiger partial charge in [0.25, 0.3) is 0 Å². The molecule has 27 heavy (non-hydrogen) atoms. The number of aliphatic hydroxyl groups is 1. The SMILES string of the molecule is CC(C)(C)C(=O)Nc1ccc(C(=O)COC(=O)c2ccc(CO)cc2)cc1. The van der Waals surface area contributed by atoms with Crippen molar-refractivity contribution in [2.75, 3.05) is 11.9 Å². The van der Waals surface area contributed by atoms with Crippen molar-refractivity contribution in [3.8, 4) is 0 Å². The van der Waals surface area contributed by atoms with E-state index in [1.54, 1.807) is 36.4 Å². The second-order valence-electron chi connectivity index (χ2n) is 7.14. The van der Waals surface area contributed by atoms with Crippen LogP contribution >= 0.6 is 0 Å². The van der Waals surface area contributed by atoms with Crippen molar-refractivity contribution in [1.29, 1.82) is 0 Å². The summed E-state index contributed by atoms with van der Waals surface area (Å²) in [6, 6.07) is 12.7. The molecule has 2 aromatic rings. The van der Waals surface area contributed by atoms with Gasteiger partial charge in [-0.05, 0) is 42.0 Å². The van der Waals surface area contributed by atoms with Crippen LogP contribution in [-0.4, -0.2) is 29.4 Å². The second kappa shape index (κ2) is 8.60. The molecule has 0 aromatic heterocycles. The number of aliphatic hydroxyl groups excluding tert-OH is 1. The van der Waals surface area contributed by atoms with E-state index in [1.807, 2.05) is 20.8 Å². The average molecular weight is 369 g/mol. The van der Waals surface area contributed by atoms with Crippen LogP contribution in [0.15, 0.2) is 48.5 Å². The molecule has 6 heteroatoms. The van der Waals surface area contributed by atoms with E-state index in [9.17, 15) is 14.4 Å². The molecule has 0 saturated heterocycles. The molecule has 6 nitrogen and oxygen atoms in total. The molecule has 0 aliphatic rings. The van der Waals surface area contributed by atoms with Crippen LogP contribution in [0.4, 0.5) is 5.69 Å². The minimum atomic E-state index is -0.609. The second-order valence-corrected chi connectivity index (χ2v) is 7.14. The molecular weight excluding hydrogens is 346 g/mol. The van der Waals surface area contributed by atoms with Crippen molar-refractivity contribution in [3.63, 3.8) is 0 Å². The number of carbonyl (C=O) groups excluding carboxylic acids is 3. The molecule has 0 spiro atoms. The number of esters is 1. The Balaban J connectivity index is 1.91. The predicted octanol–water partition coefficient (Wildman–Crippen LogP) is 3.20. The van der Waals surface area contributed by atoms with Gasteiger partial charge in [0.1, 0.15) is 0 Å². The van der Waals surface area contributed by atoms with Gasteiger partial charge in [0.05, 0.1) is 12.2 Å². The normalized spacial score (nSPS) is 11.0. The number of Topliss-reactive ketones (excluding diaryl/α,β-unsaturated/α-hetero) is 1. The van der Waals surface area contributed by atoms with E-state index in [0.29, 0.717) is 22.4 Å². The molecule has 2 N–H and O–H groups in total. The van der Waals surface area contributed by atoms with Crippen LogP contribution in [0.3, 0.4) is 0 Å². The van der Waals surface area contributed by atoms with Gasteiger partial charge in [-0.2, -0.15) is 0 Å². The molecule has 0 fully saturated rings. The Hall–Kier alpha value is -2.99. The van der Waals surface area contributed by atoms with Crippen LogP contribution in [-0.2, 0) is 16.1 Å². The Morgan fingerprint density at radius 3 is 2.00 bits per heavy atom. The lowest BCUT2D eigenvalue weighted by atomic mass is 9.95. The summed E-state index contributed by atoms with van der Waals surface area (Å²) in [7, 11) is 0. The zero-order valence-electron chi connectivity index (χ0n) is 15.6. The highest BCUT2D eigenvalue weighted by Crippen LogP contribution is 2.18. The van der Waals surface area contributed by atoms with E-state index in [2.05, 4.69) is 5.32 Å². The van der Waals surface area contributed by atoms with Crippen molar-refractivity contribution in [3.05, 3.63) is 65.2 Å². The summed E-state index contributed by atoms with van der Waals surface area (Å²) in [6.45, 7) is 4.94. The molecule has 0 atom stereocenters. The van der Waals surface area contributed by atoms with Crippen molar-refractivity contribution < 1.29 is 24.2 Å². The Kier molecular flexibility index (Phi) is 6.47. The number of rotatable bonds is 6. The first-order valence-electron chi connectivity index (χ1n) is 8.52. The highest BCUT2D eigenvalue weighted by atomic mass is 16.5. The molecule has 2 rings (SSSR count). The molecule has 0 heterocycles. The molecule has 0 bridgehead atoms. The molecule has 0 aliphatic carbocycles. The summed E-state index contributed by atoms with van der Waals surface area (Å²) < 4.78 is 5.04. The number of nitrogens with one attached hydrogen (secondary N) is 1. The first-order valence-corrected chi connectivity index (χ1v) is 8.52. The van der Waals surface area contributed by atoms with Crippen LogP contribution in [0, 0.1) is 5.41 Å². The number of hydrogen-bond acceptors (Lipinski definition) is 5. The van der Waals surface area contributed by atoms with Crippen LogP contribution in [0.2, 0.25) is 0 Å². The molecule has 0 radical (unpaired) electrons. The fraction of sp³-hybridized carbons (Fsp3) is 0.286. The van der Waals surface area contributed by atoms with Gasteiger partial charge < -0.3 is 15.2 Å². The van der Waals surface area contributed by atoms with Gasteiger partial charge in [0, 0.05) is 16.7 Å². The number of anilines is 1. The number of hydrogen-bond donors (Lipinski definition) is 2. The number of ketones is 1. The highest BCUT2D eigenvalue weighted by Gasteiger charge is 2.21. The smallest absolute Gasteiger partial charge is 0.338 e. The molecule has 1 amide bonds. The minimum absolute atomic E-state index is 0.111. The minimum Gasteiger partial charge on any atom is -0.454 e. The van der Waals surface area contributed by atoms with Gasteiger partial charge in [0.15, 0.2) is 12.4 Å². The number of benzene rings is 2. The summed E-state index contributed by atoms with van der Waals surface area (Å²) in [6.07, 6.45) is 0. The number of ether oxygens (including phenoxy) is 1. The van der Waals surface area contributed by atoms with Gasteiger partial charge in [-0.15, -0.1) is 0 Å². The zero-order chi connectivity index (χ0) is 20.0. The summed E-state index contributed by atoms with van der Waals surface area (Å²) >= 11 is 0. The monoisotopic (exact) mass is 369 g/mol. The van der Waals surface area contributed by atoms with Crippen LogP contribution in [0.1, 0.15) is 47.1 Å². The van der Waals surface area contributed by atoms with Crippen LogP contribution in [0.5, 0.6) is 0 Å². The Labute approximate surface area is 158 Å². The average Bonchev–Trinajstić information content (AvgIpc) is 2.65. The van der Waals surface area contributed by atoms with E-state index in [1.165, 1.54) is 12.1 Å². The zero-order valence-corrected chi connectivity index (χ0v) is 15.6. The van der Waals surface area contributed by atoms with Gasteiger partial charge in [-0.3, -0.25) is 9.59 Å². The third kappa shape index (κ3) is 5.76. The molecule has 2 aromatic carbocycles. The number of carbonyl (C=O) groups is 3. The van der Waals surface area contributed by atoms with Crippen molar-refractivity contribution in [2.24, 2.45) is 5.41 Å². The van der Waals surface area contributed by atoms with Gasteiger partial charge in [-0.25, -0.2) is 4.79 Å². The lowest BCUT2D eigenvalue weighted by Gasteiger charge is -2.17. The fourth-order valence-electron chi connectivity index (χ4n) is 2.10. The third-order valence-electron chi connectivity index (χ3n) is 3.85. The quantitative estimate of drug-likeness (QED) is 0.602. The molecule has 0 unspecified atom stereocenters. The van der Waals surface area contributed by atoms with Crippen LogP contribution in [0.25, 0.3) is 0 Å². The van der Waals surface area contributed by atoms with E-state index in [0.717, 1.165) is 0 Å². The predicted molar refractivity (Wildman–Crippen MR) is 102 cm³/mol. The Morgan fingerprint density at radius 1 is 0.926 bits per heavy atom. The van der Waals surface area contributed by atoms with Crippen molar-refractivity contribution in [1.82, 2.24) is 0 Å². The lowest BCUT2D eigenvalue weighted by molar-refractivity contribution is -0.123. The maximum absolute atomic E-state index is 12.2. The number of amides is 1. The maximum Gasteiger partial charge on any atom is 0.338 e. The maximum atomic E-state index is 12.2. The largest absolute Gasteiger partial charge is 0.454 e. The summed E-state index contributed by atoms with van der Waals surface area (Å²) in [5.74, 6) is -1.08. The topological polar surface area (TPSA) is 92.7 Å². The molecular formula is C21H23NO5. The standard InChI is InChI=1S/C21H23NO5/c1-21(2,3)20(26)22-17-10-8-15(9-11-17)18(24)13-27-19(25)16-6-4-14(12-23)5-7-16/h4-11,23H,12-13H2,1-3H3,(H,22,26). The Bertz CT molecular complexity index is 817. The van der Waals surface area contributed by atoms with Gasteiger partial charge >= 0.3 is 5.97 Å². The lowest BCUT2D eigenvalue weighted by Crippen LogP contribution is -2.27. The van der Waals surface area contributed by atoms with E-state index in [-0.39, 0.29) is 24.9 Å². The summed E-state index contributed by atoms with van der Waals surface area (Å²) in [5, 5.41) is 11.8. The summed E-state index contributed by atoms with van der Waals surface area (Å²) in [5.41, 5.74) is 1.44. The van der Waals surface area contributed by atoms with Crippen molar-refractivity contribution in [2.45, 2.75) is 27.4 Å². The van der Waals surface area contributed by atoms with Crippen molar-refractivity contribution >= 4 is 23.3 Å². The van der Waals surface area contributed by atoms with Gasteiger partial charge in [-0.1, -0.05) is 32.9 Å². The van der Waals surface area contributed by atoms with E-state index >= 15 is 0 Å². The Morgan fingerprint density at radius 2 is 1.48 bits per heavy atom. The molecule has 0 aliphatic heterocycles. The first-order chi connectivity index (χ1) is 12.7. The third-order valence-corrected chi connectivity index (χ3v) is 3.85. The fourth-order valence-corrected chi connectivity index (χ4v) is 2.10. The van der Waals surface area contributed by atoms with Crippen LogP contribution < -0.4 is 5.32 Å². The van der Waals surface area contributed by atoms with E-state index < -0.39 is 11.4 Å². The van der Waals surface area contributed by atoms with E-state index in [4.69, 9.17) is 9.84 Å². The summed E-state index contributed by atoms with van der Waals surface area (Å²) in [4.78, 5) is 36.1. The van der Waals surface area contributed by atoms with Gasteiger partial charge in [0.2, 0.25) is 5.91 Å². The highest BCUT2D eigenvalue weighted by molar-refractivity contribution is 6.00. The molecule has 0 saturated carbocycles.